The highest BCUT2D eigenvalue weighted by molar-refractivity contribution is 14.1. The topological polar surface area (TPSA) is 42.0 Å². The Morgan fingerprint density at radius 2 is 2.11 bits per heavy atom. The summed E-state index contributed by atoms with van der Waals surface area (Å²) in [5.74, 6) is -0.206. The number of rotatable bonds is 2. The number of hydrogen-bond acceptors (Lipinski definition) is 2. The zero-order valence-corrected chi connectivity index (χ0v) is 13.3. The van der Waals surface area contributed by atoms with Crippen molar-refractivity contribution in [2.75, 3.05) is 5.32 Å². The molecule has 2 aromatic rings. The number of hydrogen-bond donors (Lipinski definition) is 1. The SMILES string of the molecule is Cc1ccc(NC(=O)c2ccc(Br)cn2)cc1I. The van der Waals surface area contributed by atoms with Gasteiger partial charge in [-0.1, -0.05) is 6.07 Å². The molecular formula is C13H10BrIN2O. The summed E-state index contributed by atoms with van der Waals surface area (Å²) in [6, 6.07) is 9.27. The van der Waals surface area contributed by atoms with E-state index in [-0.39, 0.29) is 5.91 Å². The number of halogens is 2. The van der Waals surface area contributed by atoms with Gasteiger partial charge in [-0.15, -0.1) is 0 Å². The number of nitrogens with one attached hydrogen (secondary N) is 1. The third kappa shape index (κ3) is 3.29. The first-order chi connectivity index (χ1) is 8.56. The largest absolute Gasteiger partial charge is 0.321 e. The molecule has 0 aliphatic carbocycles. The van der Waals surface area contributed by atoms with Crippen LogP contribution in [0.3, 0.4) is 0 Å². The molecule has 18 heavy (non-hydrogen) atoms. The van der Waals surface area contributed by atoms with E-state index in [4.69, 9.17) is 0 Å². The van der Waals surface area contributed by atoms with Gasteiger partial charge >= 0.3 is 0 Å². The van der Waals surface area contributed by atoms with Gasteiger partial charge in [-0.05, 0) is 75.3 Å². The molecule has 0 fully saturated rings. The number of pyridine rings is 1. The molecule has 0 unspecified atom stereocenters. The highest BCUT2D eigenvalue weighted by Gasteiger charge is 2.07. The molecule has 0 bridgehead atoms. The van der Waals surface area contributed by atoms with Gasteiger partial charge in [-0.2, -0.15) is 0 Å². The number of benzene rings is 1. The fraction of sp³-hybridized carbons (Fsp3) is 0.0769. The van der Waals surface area contributed by atoms with Crippen LogP contribution in [0.2, 0.25) is 0 Å². The number of nitrogens with zero attached hydrogens (tertiary/aromatic N) is 1. The van der Waals surface area contributed by atoms with Crippen LogP contribution in [-0.2, 0) is 0 Å². The third-order valence-electron chi connectivity index (χ3n) is 2.39. The van der Waals surface area contributed by atoms with E-state index in [0.29, 0.717) is 5.69 Å². The molecule has 0 saturated heterocycles. The molecule has 5 heteroatoms. The molecule has 1 aromatic carbocycles. The predicted molar refractivity (Wildman–Crippen MR) is 83.8 cm³/mol. The Bertz CT molecular complexity index is 584. The molecule has 92 valence electrons. The van der Waals surface area contributed by atoms with Gasteiger partial charge < -0.3 is 5.32 Å². The van der Waals surface area contributed by atoms with Crippen LogP contribution in [-0.4, -0.2) is 10.9 Å². The van der Waals surface area contributed by atoms with E-state index in [0.717, 1.165) is 13.7 Å². The number of amides is 1. The summed E-state index contributed by atoms with van der Waals surface area (Å²) >= 11 is 5.53. The number of carbonyl (C=O) groups is 1. The van der Waals surface area contributed by atoms with Gasteiger partial charge in [-0.3, -0.25) is 4.79 Å². The van der Waals surface area contributed by atoms with Crippen molar-refractivity contribution in [3.8, 4) is 0 Å². The van der Waals surface area contributed by atoms with Crippen molar-refractivity contribution in [1.82, 2.24) is 4.98 Å². The van der Waals surface area contributed by atoms with Crippen molar-refractivity contribution in [3.63, 3.8) is 0 Å². The second kappa shape index (κ2) is 5.79. The first kappa shape index (κ1) is 13.5. The lowest BCUT2D eigenvalue weighted by atomic mass is 10.2. The molecule has 0 aliphatic rings. The summed E-state index contributed by atoms with van der Waals surface area (Å²) in [5.41, 5.74) is 2.36. The molecule has 2 rings (SSSR count). The molecule has 0 saturated carbocycles. The monoisotopic (exact) mass is 416 g/mol. The second-order valence-electron chi connectivity index (χ2n) is 3.78. The normalized spacial score (nSPS) is 10.2. The van der Waals surface area contributed by atoms with E-state index in [1.165, 1.54) is 5.56 Å². The van der Waals surface area contributed by atoms with Gasteiger partial charge in [-0.25, -0.2) is 4.98 Å². The Balaban J connectivity index is 2.16. The van der Waals surface area contributed by atoms with Crippen LogP contribution in [0.4, 0.5) is 5.69 Å². The maximum absolute atomic E-state index is 11.9. The Hall–Kier alpha value is -0.950. The summed E-state index contributed by atoms with van der Waals surface area (Å²) < 4.78 is 1.97. The molecule has 1 amide bonds. The van der Waals surface area contributed by atoms with Crippen molar-refractivity contribution < 1.29 is 4.79 Å². The third-order valence-corrected chi connectivity index (χ3v) is 4.02. The van der Waals surface area contributed by atoms with Gasteiger partial charge in [0, 0.05) is 19.9 Å². The van der Waals surface area contributed by atoms with Crippen LogP contribution in [0.25, 0.3) is 0 Å². The number of anilines is 1. The van der Waals surface area contributed by atoms with E-state index in [2.05, 4.69) is 48.8 Å². The van der Waals surface area contributed by atoms with E-state index in [9.17, 15) is 4.79 Å². The Labute approximate surface area is 127 Å². The zero-order valence-electron chi connectivity index (χ0n) is 9.58. The van der Waals surface area contributed by atoms with Crippen LogP contribution >= 0.6 is 38.5 Å². The Morgan fingerprint density at radius 3 is 2.72 bits per heavy atom. The second-order valence-corrected chi connectivity index (χ2v) is 5.86. The highest BCUT2D eigenvalue weighted by atomic mass is 127. The molecule has 0 radical (unpaired) electrons. The van der Waals surface area contributed by atoms with Crippen molar-refractivity contribution in [2.24, 2.45) is 0 Å². The van der Waals surface area contributed by atoms with Gasteiger partial charge in [0.25, 0.3) is 5.91 Å². The minimum Gasteiger partial charge on any atom is -0.321 e. The summed E-state index contributed by atoms with van der Waals surface area (Å²) in [4.78, 5) is 16.0. The molecule has 1 N–H and O–H groups in total. The van der Waals surface area contributed by atoms with Gasteiger partial charge in [0.2, 0.25) is 0 Å². The van der Waals surface area contributed by atoms with E-state index >= 15 is 0 Å². The lowest BCUT2D eigenvalue weighted by molar-refractivity contribution is 0.102. The number of carbonyl (C=O) groups excluding carboxylic acids is 1. The molecule has 0 spiro atoms. The van der Waals surface area contributed by atoms with Gasteiger partial charge in [0.05, 0.1) is 0 Å². The van der Waals surface area contributed by atoms with E-state index in [1.54, 1.807) is 18.3 Å². The van der Waals surface area contributed by atoms with Crippen LogP contribution in [0.15, 0.2) is 41.0 Å². The smallest absolute Gasteiger partial charge is 0.274 e. The number of aryl methyl sites for hydroxylation is 1. The summed E-state index contributed by atoms with van der Waals surface area (Å²) in [6.45, 7) is 2.03. The van der Waals surface area contributed by atoms with Gasteiger partial charge in [0.1, 0.15) is 5.69 Å². The number of aromatic nitrogens is 1. The van der Waals surface area contributed by atoms with Gasteiger partial charge in [0.15, 0.2) is 0 Å². The van der Waals surface area contributed by atoms with Crippen molar-refractivity contribution in [2.45, 2.75) is 6.92 Å². The molecular weight excluding hydrogens is 407 g/mol. The average molecular weight is 417 g/mol. The minimum absolute atomic E-state index is 0.206. The molecule has 3 nitrogen and oxygen atoms in total. The zero-order chi connectivity index (χ0) is 13.1. The van der Waals surface area contributed by atoms with Crippen LogP contribution < -0.4 is 5.32 Å². The van der Waals surface area contributed by atoms with Crippen LogP contribution in [0.1, 0.15) is 16.1 Å². The molecule has 1 heterocycles. The summed E-state index contributed by atoms with van der Waals surface area (Å²) in [6.07, 6.45) is 1.60. The van der Waals surface area contributed by atoms with E-state index < -0.39 is 0 Å². The maximum Gasteiger partial charge on any atom is 0.274 e. The van der Waals surface area contributed by atoms with E-state index in [1.807, 2.05) is 25.1 Å². The summed E-state index contributed by atoms with van der Waals surface area (Å²) in [5, 5.41) is 2.82. The molecule has 1 aromatic heterocycles. The van der Waals surface area contributed by atoms with Crippen LogP contribution in [0.5, 0.6) is 0 Å². The van der Waals surface area contributed by atoms with Crippen molar-refractivity contribution >= 4 is 50.1 Å². The average Bonchev–Trinajstić information content (AvgIpc) is 2.34. The van der Waals surface area contributed by atoms with Crippen LogP contribution in [0, 0.1) is 10.5 Å². The molecule has 0 atom stereocenters. The summed E-state index contributed by atoms with van der Waals surface area (Å²) in [7, 11) is 0. The highest BCUT2D eigenvalue weighted by Crippen LogP contribution is 2.17. The van der Waals surface area contributed by atoms with Crippen molar-refractivity contribution in [1.29, 1.82) is 0 Å². The lowest BCUT2D eigenvalue weighted by Gasteiger charge is -2.06. The maximum atomic E-state index is 11.9. The Morgan fingerprint density at radius 1 is 1.33 bits per heavy atom. The first-order valence-corrected chi connectivity index (χ1v) is 7.12. The standard InChI is InChI=1S/C13H10BrIN2O/c1-8-2-4-10(6-11(8)15)17-13(18)12-5-3-9(14)7-16-12/h2-7H,1H3,(H,17,18). The minimum atomic E-state index is -0.206. The predicted octanol–water partition coefficient (Wildman–Crippen LogP) is 4.01. The fourth-order valence-electron chi connectivity index (χ4n) is 1.38. The quantitative estimate of drug-likeness (QED) is 0.751. The fourth-order valence-corrected chi connectivity index (χ4v) is 2.13. The van der Waals surface area contributed by atoms with Crippen molar-refractivity contribution in [3.05, 3.63) is 55.8 Å². The first-order valence-electron chi connectivity index (χ1n) is 5.25. The molecule has 0 aliphatic heterocycles. The lowest BCUT2D eigenvalue weighted by Crippen LogP contribution is -2.13. The Kier molecular flexibility index (Phi) is 4.34.